The second-order valence-corrected chi connectivity index (χ2v) is 8.20. The Morgan fingerprint density at radius 1 is 1.00 bits per heavy atom. The van der Waals surface area contributed by atoms with Gasteiger partial charge in [-0.05, 0) is 45.3 Å². The van der Waals surface area contributed by atoms with E-state index in [9.17, 15) is 9.59 Å². The summed E-state index contributed by atoms with van der Waals surface area (Å²) in [5.74, 6) is -1.69. The summed E-state index contributed by atoms with van der Waals surface area (Å²) in [5.41, 5.74) is 3.77. The van der Waals surface area contributed by atoms with Crippen molar-refractivity contribution in [3.63, 3.8) is 0 Å². The summed E-state index contributed by atoms with van der Waals surface area (Å²) in [5, 5.41) is 21.5. The van der Waals surface area contributed by atoms with E-state index in [4.69, 9.17) is 20.0 Å². The van der Waals surface area contributed by atoms with E-state index < -0.39 is 11.9 Å². The largest absolute Gasteiger partial charge is 0.489 e. The minimum atomic E-state index is -1.26. The van der Waals surface area contributed by atoms with Gasteiger partial charge in [-0.25, -0.2) is 19.3 Å². The lowest BCUT2D eigenvalue weighted by molar-refractivity contribution is -0.134. The molecule has 2 aromatic heterocycles. The van der Waals surface area contributed by atoms with E-state index >= 15 is 0 Å². The number of aromatic nitrogens is 3. The number of carboxylic acids is 2. The molecule has 1 atom stereocenters. The van der Waals surface area contributed by atoms with Crippen molar-refractivity contribution in [2.24, 2.45) is 0 Å². The zero-order chi connectivity index (χ0) is 26.1. The average Bonchev–Trinajstić information content (AvgIpc) is 3.23. The third-order valence-electron chi connectivity index (χ3n) is 4.88. The molecule has 4 aromatic rings. The van der Waals surface area contributed by atoms with Gasteiger partial charge in [-0.3, -0.25) is 0 Å². The molecule has 0 fully saturated rings. The third-order valence-corrected chi connectivity index (χ3v) is 4.88. The standard InChI is InChI=1S/C23H24N4O.C4H4O4/c1-17(16-26(2)3)28-20-12-7-11-19(15-20)27-23-21(13-8-14-24-23)22(25-27)18-9-5-4-6-10-18;5-3(6)1-2-4(7)8/h4-15,17H,16H2,1-3H3;1-2H,(H,5,6)(H,7,8). The molecule has 36 heavy (non-hydrogen) atoms. The van der Waals surface area contributed by atoms with Crippen LogP contribution in [0.4, 0.5) is 0 Å². The number of carboxylic acid groups (broad SMARTS) is 2. The fraction of sp³-hybridized carbons (Fsp3) is 0.185. The topological polar surface area (TPSA) is 118 Å². The van der Waals surface area contributed by atoms with Crippen molar-refractivity contribution in [2.75, 3.05) is 20.6 Å². The van der Waals surface area contributed by atoms with Gasteiger partial charge in [-0.15, -0.1) is 0 Å². The number of hydrogen-bond acceptors (Lipinski definition) is 6. The van der Waals surface area contributed by atoms with Crippen LogP contribution in [0, 0.1) is 0 Å². The Balaban J connectivity index is 0.000000392. The Morgan fingerprint density at radius 2 is 1.69 bits per heavy atom. The van der Waals surface area contributed by atoms with Gasteiger partial charge < -0.3 is 19.8 Å². The van der Waals surface area contributed by atoms with Crippen molar-refractivity contribution in [1.29, 1.82) is 0 Å². The monoisotopic (exact) mass is 488 g/mol. The minimum absolute atomic E-state index is 0.0950. The van der Waals surface area contributed by atoms with E-state index in [0.29, 0.717) is 12.2 Å². The highest BCUT2D eigenvalue weighted by Crippen LogP contribution is 2.29. The lowest BCUT2D eigenvalue weighted by Gasteiger charge is -2.19. The van der Waals surface area contributed by atoms with Crippen molar-refractivity contribution in [2.45, 2.75) is 13.0 Å². The van der Waals surface area contributed by atoms with Gasteiger partial charge in [0.05, 0.1) is 5.69 Å². The summed E-state index contributed by atoms with van der Waals surface area (Å²) in [6.07, 6.45) is 3.01. The second-order valence-electron chi connectivity index (χ2n) is 8.20. The molecular formula is C27H28N4O5. The maximum Gasteiger partial charge on any atom is 0.328 e. The zero-order valence-electron chi connectivity index (χ0n) is 20.3. The number of rotatable bonds is 8. The van der Waals surface area contributed by atoms with E-state index in [1.54, 1.807) is 6.20 Å². The van der Waals surface area contributed by atoms with Crippen LogP contribution < -0.4 is 4.74 Å². The zero-order valence-corrected chi connectivity index (χ0v) is 20.3. The van der Waals surface area contributed by atoms with E-state index in [1.807, 2.05) is 67.3 Å². The van der Waals surface area contributed by atoms with Crippen LogP contribution in [0.15, 0.2) is 85.1 Å². The Labute approximate surface area is 208 Å². The van der Waals surface area contributed by atoms with E-state index in [0.717, 1.165) is 40.3 Å². The molecule has 0 spiro atoms. The highest BCUT2D eigenvalue weighted by atomic mass is 16.5. The predicted octanol–water partition coefficient (Wildman–Crippen LogP) is 4.13. The number of benzene rings is 2. The number of fused-ring (bicyclic) bond motifs is 1. The van der Waals surface area contributed by atoms with Crippen LogP contribution in [0.2, 0.25) is 0 Å². The summed E-state index contributed by atoms with van der Waals surface area (Å²) in [6, 6.07) is 22.2. The van der Waals surface area contributed by atoms with Crippen LogP contribution in [-0.2, 0) is 9.59 Å². The lowest BCUT2D eigenvalue weighted by atomic mass is 10.1. The number of likely N-dealkylation sites (N-methyl/N-ethyl adjacent to an activating group) is 1. The van der Waals surface area contributed by atoms with Crippen LogP contribution in [0.3, 0.4) is 0 Å². The SMILES string of the molecule is CC(CN(C)C)Oc1cccc(-n2nc(-c3ccccc3)c3cccnc32)c1.O=C(O)C=CC(=O)O. The molecule has 0 aliphatic rings. The molecule has 0 saturated heterocycles. The molecule has 0 amide bonds. The van der Waals surface area contributed by atoms with Crippen LogP contribution in [0.1, 0.15) is 6.92 Å². The van der Waals surface area contributed by atoms with Crippen molar-refractivity contribution >= 4 is 23.0 Å². The molecule has 0 bridgehead atoms. The molecule has 2 aromatic carbocycles. The van der Waals surface area contributed by atoms with Gasteiger partial charge in [0.1, 0.15) is 17.5 Å². The van der Waals surface area contributed by atoms with Gasteiger partial charge in [0.15, 0.2) is 5.65 Å². The molecule has 0 aliphatic heterocycles. The molecule has 4 rings (SSSR count). The summed E-state index contributed by atoms with van der Waals surface area (Å²) < 4.78 is 7.98. The first-order valence-electron chi connectivity index (χ1n) is 11.2. The van der Waals surface area contributed by atoms with Gasteiger partial charge in [0.2, 0.25) is 0 Å². The lowest BCUT2D eigenvalue weighted by Crippen LogP contribution is -2.27. The van der Waals surface area contributed by atoms with Gasteiger partial charge in [-0.1, -0.05) is 36.4 Å². The predicted molar refractivity (Wildman–Crippen MR) is 137 cm³/mol. The smallest absolute Gasteiger partial charge is 0.328 e. The fourth-order valence-electron chi connectivity index (χ4n) is 3.56. The number of hydrogen-bond donors (Lipinski definition) is 2. The van der Waals surface area contributed by atoms with Crippen molar-refractivity contribution in [3.8, 4) is 22.7 Å². The van der Waals surface area contributed by atoms with Gasteiger partial charge in [-0.2, -0.15) is 5.10 Å². The molecule has 0 aliphatic carbocycles. The molecule has 0 saturated carbocycles. The first-order chi connectivity index (χ1) is 17.2. The number of carbonyl (C=O) groups is 2. The van der Waals surface area contributed by atoms with Crippen LogP contribution in [0.25, 0.3) is 28.0 Å². The van der Waals surface area contributed by atoms with Gasteiger partial charge in [0.25, 0.3) is 0 Å². The Kier molecular flexibility index (Phi) is 8.90. The van der Waals surface area contributed by atoms with Crippen LogP contribution in [0.5, 0.6) is 5.75 Å². The van der Waals surface area contributed by atoms with E-state index in [1.165, 1.54) is 0 Å². The minimum Gasteiger partial charge on any atom is -0.489 e. The van der Waals surface area contributed by atoms with E-state index in [-0.39, 0.29) is 6.10 Å². The van der Waals surface area contributed by atoms with E-state index in [2.05, 4.69) is 35.0 Å². The molecular weight excluding hydrogens is 460 g/mol. The Hall–Kier alpha value is -4.50. The summed E-state index contributed by atoms with van der Waals surface area (Å²) in [7, 11) is 4.09. The molecule has 9 nitrogen and oxygen atoms in total. The van der Waals surface area contributed by atoms with Gasteiger partial charge >= 0.3 is 11.9 Å². The third kappa shape index (κ3) is 7.25. The highest BCUT2D eigenvalue weighted by Gasteiger charge is 2.15. The molecule has 1 unspecified atom stereocenters. The number of nitrogens with zero attached hydrogens (tertiary/aromatic N) is 4. The van der Waals surface area contributed by atoms with Gasteiger partial charge in [0, 0.05) is 41.9 Å². The van der Waals surface area contributed by atoms with Crippen LogP contribution in [-0.4, -0.2) is 68.6 Å². The first kappa shape index (κ1) is 26.1. The Morgan fingerprint density at radius 3 is 2.33 bits per heavy atom. The maximum atomic E-state index is 9.55. The normalized spacial score (nSPS) is 11.8. The number of ether oxygens (including phenoxy) is 1. The average molecular weight is 489 g/mol. The summed E-state index contributed by atoms with van der Waals surface area (Å²) in [4.78, 5) is 25.8. The molecule has 0 radical (unpaired) electrons. The first-order valence-corrected chi connectivity index (χ1v) is 11.2. The fourth-order valence-corrected chi connectivity index (χ4v) is 3.56. The maximum absolute atomic E-state index is 9.55. The van der Waals surface area contributed by atoms with Crippen molar-refractivity contribution in [3.05, 3.63) is 85.1 Å². The molecule has 9 heteroatoms. The van der Waals surface area contributed by atoms with Crippen molar-refractivity contribution < 1.29 is 24.5 Å². The Bertz CT molecular complexity index is 1330. The molecule has 186 valence electrons. The number of pyridine rings is 1. The van der Waals surface area contributed by atoms with Crippen LogP contribution >= 0.6 is 0 Å². The molecule has 2 N–H and O–H groups in total. The second kappa shape index (κ2) is 12.3. The number of aliphatic carboxylic acids is 2. The summed E-state index contributed by atoms with van der Waals surface area (Å²) >= 11 is 0. The highest BCUT2D eigenvalue weighted by molar-refractivity contribution is 5.92. The quantitative estimate of drug-likeness (QED) is 0.356. The van der Waals surface area contributed by atoms with Crippen molar-refractivity contribution in [1.82, 2.24) is 19.7 Å². The molecule has 2 heterocycles. The summed E-state index contributed by atoms with van der Waals surface area (Å²) in [6.45, 7) is 2.93.